The molecule has 1 nitrogen and oxygen atoms in total. The van der Waals surface area contributed by atoms with Crippen molar-refractivity contribution in [2.75, 3.05) is 6.61 Å². The Morgan fingerprint density at radius 1 is 1.33 bits per heavy atom. The Bertz CT molecular complexity index is 108. The number of hydrogen-bond acceptors (Lipinski definition) is 1. The maximum absolute atomic E-state index is 8.74. The van der Waals surface area contributed by atoms with Crippen molar-refractivity contribution in [1.82, 2.24) is 0 Å². The van der Waals surface area contributed by atoms with E-state index in [2.05, 4.69) is 26.0 Å². The van der Waals surface area contributed by atoms with Crippen LogP contribution in [0.25, 0.3) is 0 Å². The third-order valence-corrected chi connectivity index (χ3v) is 2.16. The Labute approximate surface area is 76.5 Å². The molecule has 0 heterocycles. The van der Waals surface area contributed by atoms with Crippen LogP contribution in [0.15, 0.2) is 12.2 Å². The van der Waals surface area contributed by atoms with Crippen molar-refractivity contribution in [1.29, 1.82) is 0 Å². The number of aliphatic hydroxyl groups is 1. The predicted molar refractivity (Wildman–Crippen MR) is 54.1 cm³/mol. The molecule has 0 amide bonds. The second kappa shape index (κ2) is 8.79. The third kappa shape index (κ3) is 6.41. The zero-order chi connectivity index (χ0) is 9.23. The smallest absolute Gasteiger partial charge is 0.0436 e. The van der Waals surface area contributed by atoms with E-state index in [0.29, 0.717) is 12.5 Å². The van der Waals surface area contributed by atoms with Crippen LogP contribution in [0.2, 0.25) is 0 Å². The fourth-order valence-electron chi connectivity index (χ4n) is 1.21. The summed E-state index contributed by atoms with van der Waals surface area (Å²) in [6.07, 6.45) is 10.3. The lowest BCUT2D eigenvalue weighted by atomic mass is 10.0. The zero-order valence-corrected chi connectivity index (χ0v) is 8.42. The predicted octanol–water partition coefficient (Wildman–Crippen LogP) is 3.14. The van der Waals surface area contributed by atoms with Gasteiger partial charge in [0.1, 0.15) is 0 Å². The van der Waals surface area contributed by atoms with E-state index in [-0.39, 0.29) is 0 Å². The number of hydrogen-bond donors (Lipinski definition) is 1. The van der Waals surface area contributed by atoms with E-state index in [1.165, 1.54) is 19.3 Å². The van der Waals surface area contributed by atoms with Crippen molar-refractivity contribution in [3.63, 3.8) is 0 Å². The van der Waals surface area contributed by atoms with Crippen LogP contribution < -0.4 is 0 Å². The minimum atomic E-state index is 0.316. The highest BCUT2D eigenvalue weighted by Crippen LogP contribution is 2.10. The molecule has 0 saturated heterocycles. The molecular weight excluding hydrogens is 148 g/mol. The van der Waals surface area contributed by atoms with E-state index >= 15 is 0 Å². The lowest BCUT2D eigenvalue weighted by Gasteiger charge is -2.06. The molecule has 1 atom stereocenters. The van der Waals surface area contributed by atoms with Gasteiger partial charge in [0.25, 0.3) is 0 Å². The van der Waals surface area contributed by atoms with Gasteiger partial charge in [-0.15, -0.1) is 0 Å². The quantitative estimate of drug-likeness (QED) is 0.459. The van der Waals surface area contributed by atoms with Crippen molar-refractivity contribution in [3.8, 4) is 0 Å². The fourth-order valence-corrected chi connectivity index (χ4v) is 1.21. The van der Waals surface area contributed by atoms with E-state index in [9.17, 15) is 0 Å². The second-order valence-electron chi connectivity index (χ2n) is 3.25. The molecule has 0 aliphatic rings. The highest BCUT2D eigenvalue weighted by atomic mass is 16.3. The molecule has 0 bridgehead atoms. The molecule has 0 spiro atoms. The highest BCUT2D eigenvalue weighted by molar-refractivity contribution is 4.87. The van der Waals surface area contributed by atoms with E-state index in [0.717, 1.165) is 12.8 Å². The van der Waals surface area contributed by atoms with E-state index in [1.54, 1.807) is 0 Å². The molecule has 1 heteroatoms. The van der Waals surface area contributed by atoms with Crippen LogP contribution in [-0.2, 0) is 0 Å². The standard InChI is InChI=1S/C11H22O/c1-3-5-6-7-8-11(4-2)9-10-12/h7-8,11-12H,3-6,9-10H2,1-2H3/b8-7-. The van der Waals surface area contributed by atoms with Crippen molar-refractivity contribution >= 4 is 0 Å². The van der Waals surface area contributed by atoms with Gasteiger partial charge in [0, 0.05) is 6.61 Å². The first-order valence-corrected chi connectivity index (χ1v) is 5.12. The molecule has 0 aliphatic carbocycles. The van der Waals surface area contributed by atoms with Gasteiger partial charge in [-0.3, -0.25) is 0 Å². The summed E-state index contributed by atoms with van der Waals surface area (Å²) < 4.78 is 0. The molecule has 0 rings (SSSR count). The minimum Gasteiger partial charge on any atom is -0.396 e. The summed E-state index contributed by atoms with van der Waals surface area (Å²) in [6, 6.07) is 0. The topological polar surface area (TPSA) is 20.2 Å². The summed E-state index contributed by atoms with van der Waals surface area (Å²) in [4.78, 5) is 0. The fraction of sp³-hybridized carbons (Fsp3) is 0.818. The van der Waals surface area contributed by atoms with Crippen molar-refractivity contribution in [3.05, 3.63) is 12.2 Å². The van der Waals surface area contributed by atoms with Gasteiger partial charge in [-0.05, 0) is 25.2 Å². The van der Waals surface area contributed by atoms with Gasteiger partial charge < -0.3 is 5.11 Å². The molecule has 0 saturated carbocycles. The zero-order valence-electron chi connectivity index (χ0n) is 8.42. The summed E-state index contributed by atoms with van der Waals surface area (Å²) in [5.74, 6) is 0.590. The third-order valence-electron chi connectivity index (χ3n) is 2.16. The Morgan fingerprint density at radius 2 is 2.08 bits per heavy atom. The lowest BCUT2D eigenvalue weighted by Crippen LogP contribution is -1.97. The van der Waals surface area contributed by atoms with Crippen LogP contribution >= 0.6 is 0 Å². The van der Waals surface area contributed by atoms with Gasteiger partial charge in [0.15, 0.2) is 0 Å². The maximum atomic E-state index is 8.74. The molecule has 1 unspecified atom stereocenters. The van der Waals surface area contributed by atoms with Gasteiger partial charge in [0.05, 0.1) is 0 Å². The summed E-state index contributed by atoms with van der Waals surface area (Å²) in [6.45, 7) is 4.69. The monoisotopic (exact) mass is 170 g/mol. The molecule has 1 N–H and O–H groups in total. The summed E-state index contributed by atoms with van der Waals surface area (Å²) in [7, 11) is 0. The van der Waals surface area contributed by atoms with Gasteiger partial charge in [-0.2, -0.15) is 0 Å². The van der Waals surface area contributed by atoms with Gasteiger partial charge in [-0.1, -0.05) is 38.8 Å². The lowest BCUT2D eigenvalue weighted by molar-refractivity contribution is 0.268. The van der Waals surface area contributed by atoms with Crippen LogP contribution in [0, 0.1) is 5.92 Å². The largest absolute Gasteiger partial charge is 0.396 e. The number of unbranched alkanes of at least 4 members (excludes halogenated alkanes) is 2. The Kier molecular flexibility index (Phi) is 8.57. The molecule has 12 heavy (non-hydrogen) atoms. The minimum absolute atomic E-state index is 0.316. The van der Waals surface area contributed by atoms with E-state index in [4.69, 9.17) is 5.11 Å². The van der Waals surface area contributed by atoms with Crippen molar-refractivity contribution < 1.29 is 5.11 Å². The normalized spacial score (nSPS) is 13.9. The maximum Gasteiger partial charge on any atom is 0.0436 e. The van der Waals surface area contributed by atoms with Crippen LogP contribution in [0.1, 0.15) is 46.0 Å². The van der Waals surface area contributed by atoms with Crippen LogP contribution in [0.4, 0.5) is 0 Å². The van der Waals surface area contributed by atoms with Gasteiger partial charge in [0.2, 0.25) is 0 Å². The van der Waals surface area contributed by atoms with Crippen molar-refractivity contribution in [2.45, 2.75) is 46.0 Å². The molecule has 72 valence electrons. The Morgan fingerprint density at radius 3 is 2.58 bits per heavy atom. The summed E-state index contributed by atoms with van der Waals surface area (Å²) in [5.41, 5.74) is 0. The first-order valence-electron chi connectivity index (χ1n) is 5.12. The molecule has 0 fully saturated rings. The van der Waals surface area contributed by atoms with Gasteiger partial charge in [-0.25, -0.2) is 0 Å². The molecular formula is C11H22O. The molecule has 0 aliphatic heterocycles. The molecule has 0 aromatic carbocycles. The van der Waals surface area contributed by atoms with E-state index < -0.39 is 0 Å². The number of allylic oxidation sites excluding steroid dienone is 2. The SMILES string of the molecule is CCCC/C=C\C(CC)CCO. The second-order valence-corrected chi connectivity index (χ2v) is 3.25. The first-order chi connectivity index (χ1) is 5.85. The molecule has 0 radical (unpaired) electrons. The van der Waals surface area contributed by atoms with Crippen LogP contribution in [-0.4, -0.2) is 11.7 Å². The number of aliphatic hydroxyl groups excluding tert-OH is 1. The summed E-state index contributed by atoms with van der Waals surface area (Å²) in [5, 5.41) is 8.74. The average Bonchev–Trinajstić information content (AvgIpc) is 2.10. The van der Waals surface area contributed by atoms with Gasteiger partial charge >= 0.3 is 0 Å². The summed E-state index contributed by atoms with van der Waals surface area (Å²) >= 11 is 0. The highest BCUT2D eigenvalue weighted by Gasteiger charge is 1.98. The van der Waals surface area contributed by atoms with Crippen LogP contribution in [0.5, 0.6) is 0 Å². The number of rotatable bonds is 7. The molecule has 0 aromatic rings. The Hall–Kier alpha value is -0.300. The average molecular weight is 170 g/mol. The first kappa shape index (κ1) is 11.7. The van der Waals surface area contributed by atoms with Crippen molar-refractivity contribution in [2.24, 2.45) is 5.92 Å². The van der Waals surface area contributed by atoms with Crippen LogP contribution in [0.3, 0.4) is 0 Å². The molecule has 0 aromatic heterocycles. The van der Waals surface area contributed by atoms with E-state index in [1.807, 2.05) is 0 Å². The Balaban J connectivity index is 3.46.